The number of carbonyl (C=O) groups is 1. The standard InChI is InChI=1S/C17H26N2O2/c1-11-9-13(10-12(2)16(11)20)15(17(18)21)19-14-7-5-3-4-6-8-14/h9-10,14-15,19-20H,3-8H2,1-2H3,(H2,18,21). The molecule has 1 aliphatic rings. The first kappa shape index (κ1) is 15.8. The lowest BCUT2D eigenvalue weighted by atomic mass is 9.98. The zero-order valence-corrected chi connectivity index (χ0v) is 13.0. The molecule has 0 radical (unpaired) electrons. The van der Waals surface area contributed by atoms with Crippen molar-refractivity contribution in [2.24, 2.45) is 5.73 Å². The highest BCUT2D eigenvalue weighted by molar-refractivity contribution is 5.81. The molecule has 1 aromatic rings. The number of rotatable bonds is 4. The van der Waals surface area contributed by atoms with E-state index < -0.39 is 6.04 Å². The summed E-state index contributed by atoms with van der Waals surface area (Å²) in [5.74, 6) is -0.0693. The molecule has 1 amide bonds. The molecule has 1 atom stereocenters. The third-order valence-corrected chi connectivity index (χ3v) is 4.39. The summed E-state index contributed by atoms with van der Waals surface area (Å²) in [5, 5.41) is 13.3. The van der Waals surface area contributed by atoms with Crippen LogP contribution in [0.5, 0.6) is 5.75 Å². The Morgan fingerprint density at radius 2 is 1.71 bits per heavy atom. The average Bonchev–Trinajstić information content (AvgIpc) is 2.70. The number of hydrogen-bond acceptors (Lipinski definition) is 3. The Morgan fingerprint density at radius 1 is 1.19 bits per heavy atom. The first-order chi connectivity index (χ1) is 9.99. The van der Waals surface area contributed by atoms with Gasteiger partial charge in [-0.05, 0) is 43.4 Å². The third-order valence-electron chi connectivity index (χ3n) is 4.39. The van der Waals surface area contributed by atoms with E-state index in [-0.39, 0.29) is 11.7 Å². The van der Waals surface area contributed by atoms with Crippen molar-refractivity contribution in [3.8, 4) is 5.75 Å². The summed E-state index contributed by atoms with van der Waals surface area (Å²) in [4.78, 5) is 11.9. The van der Waals surface area contributed by atoms with E-state index in [1.54, 1.807) is 0 Å². The first-order valence-electron chi connectivity index (χ1n) is 7.84. The Balaban J connectivity index is 2.20. The predicted octanol–water partition coefficient (Wildman–Crippen LogP) is 2.85. The van der Waals surface area contributed by atoms with Gasteiger partial charge < -0.3 is 10.8 Å². The summed E-state index contributed by atoms with van der Waals surface area (Å²) in [6.45, 7) is 3.69. The largest absolute Gasteiger partial charge is 0.507 e. The number of phenolic OH excluding ortho intramolecular Hbond substituents is 1. The number of benzene rings is 1. The molecular formula is C17H26N2O2. The molecular weight excluding hydrogens is 264 g/mol. The molecule has 0 aromatic heterocycles. The molecule has 4 N–H and O–H groups in total. The molecule has 1 aliphatic carbocycles. The van der Waals surface area contributed by atoms with Gasteiger partial charge in [0.25, 0.3) is 0 Å². The summed E-state index contributed by atoms with van der Waals surface area (Å²) in [6.07, 6.45) is 7.15. The van der Waals surface area contributed by atoms with Gasteiger partial charge in [-0.1, -0.05) is 37.8 Å². The van der Waals surface area contributed by atoms with Gasteiger partial charge in [0.05, 0.1) is 0 Å². The third kappa shape index (κ3) is 3.97. The van der Waals surface area contributed by atoms with Gasteiger partial charge in [0.1, 0.15) is 11.8 Å². The predicted molar refractivity (Wildman–Crippen MR) is 84.1 cm³/mol. The van der Waals surface area contributed by atoms with Crippen molar-refractivity contribution in [3.05, 3.63) is 28.8 Å². The number of carbonyl (C=O) groups excluding carboxylic acids is 1. The molecule has 2 rings (SSSR count). The van der Waals surface area contributed by atoms with Crippen LogP contribution < -0.4 is 11.1 Å². The van der Waals surface area contributed by atoms with E-state index in [9.17, 15) is 9.90 Å². The van der Waals surface area contributed by atoms with E-state index in [0.717, 1.165) is 29.5 Å². The number of aromatic hydroxyl groups is 1. The Labute approximate surface area is 126 Å². The molecule has 21 heavy (non-hydrogen) atoms. The topological polar surface area (TPSA) is 75.3 Å². The number of amides is 1. The second-order valence-corrected chi connectivity index (χ2v) is 6.19. The number of hydrogen-bond donors (Lipinski definition) is 3. The quantitative estimate of drug-likeness (QED) is 0.746. The lowest BCUT2D eigenvalue weighted by Crippen LogP contribution is -2.40. The molecule has 4 nitrogen and oxygen atoms in total. The molecule has 1 fully saturated rings. The van der Waals surface area contributed by atoms with E-state index in [2.05, 4.69) is 5.32 Å². The van der Waals surface area contributed by atoms with Gasteiger partial charge in [0, 0.05) is 6.04 Å². The monoisotopic (exact) mass is 290 g/mol. The minimum atomic E-state index is -0.480. The van der Waals surface area contributed by atoms with Gasteiger partial charge in [-0.25, -0.2) is 0 Å². The minimum Gasteiger partial charge on any atom is -0.507 e. The van der Waals surface area contributed by atoms with Gasteiger partial charge >= 0.3 is 0 Å². The van der Waals surface area contributed by atoms with Crippen molar-refractivity contribution >= 4 is 5.91 Å². The maximum absolute atomic E-state index is 11.9. The number of nitrogens with one attached hydrogen (secondary N) is 1. The molecule has 116 valence electrons. The van der Waals surface area contributed by atoms with E-state index in [1.165, 1.54) is 25.7 Å². The van der Waals surface area contributed by atoms with E-state index in [4.69, 9.17) is 5.73 Å². The minimum absolute atomic E-state index is 0.288. The lowest BCUT2D eigenvalue weighted by Gasteiger charge is -2.24. The van der Waals surface area contributed by atoms with Gasteiger partial charge in [-0.3, -0.25) is 10.1 Å². The Bertz CT molecular complexity index is 483. The summed E-state index contributed by atoms with van der Waals surface area (Å²) in [7, 11) is 0. The molecule has 1 aromatic carbocycles. The smallest absolute Gasteiger partial charge is 0.239 e. The van der Waals surface area contributed by atoms with Crippen LogP contribution in [0.3, 0.4) is 0 Å². The van der Waals surface area contributed by atoms with Crippen LogP contribution in [0.4, 0.5) is 0 Å². The summed E-state index contributed by atoms with van der Waals surface area (Å²) in [6, 6.07) is 3.56. The van der Waals surface area contributed by atoms with E-state index >= 15 is 0 Å². The maximum atomic E-state index is 11.9. The van der Waals surface area contributed by atoms with Crippen molar-refractivity contribution in [3.63, 3.8) is 0 Å². The highest BCUT2D eigenvalue weighted by Crippen LogP contribution is 2.27. The number of phenols is 1. The molecule has 1 saturated carbocycles. The Morgan fingerprint density at radius 3 is 2.19 bits per heavy atom. The lowest BCUT2D eigenvalue weighted by molar-refractivity contribution is -0.120. The zero-order valence-electron chi connectivity index (χ0n) is 13.0. The normalized spacial score (nSPS) is 18.2. The molecule has 0 heterocycles. The second kappa shape index (κ2) is 6.94. The molecule has 0 spiro atoms. The van der Waals surface area contributed by atoms with Gasteiger partial charge in [-0.15, -0.1) is 0 Å². The molecule has 0 saturated heterocycles. The summed E-state index contributed by atoms with van der Waals surface area (Å²) < 4.78 is 0. The highest BCUT2D eigenvalue weighted by atomic mass is 16.3. The van der Waals surface area contributed by atoms with Crippen molar-refractivity contribution in [2.45, 2.75) is 64.5 Å². The van der Waals surface area contributed by atoms with Crippen molar-refractivity contribution in [1.82, 2.24) is 5.32 Å². The summed E-state index contributed by atoms with van der Waals surface area (Å²) >= 11 is 0. The second-order valence-electron chi connectivity index (χ2n) is 6.19. The van der Waals surface area contributed by atoms with Gasteiger partial charge in [0.2, 0.25) is 5.91 Å². The van der Waals surface area contributed by atoms with Crippen molar-refractivity contribution in [2.75, 3.05) is 0 Å². The maximum Gasteiger partial charge on any atom is 0.239 e. The van der Waals surface area contributed by atoms with Gasteiger partial charge in [0.15, 0.2) is 0 Å². The van der Waals surface area contributed by atoms with Gasteiger partial charge in [-0.2, -0.15) is 0 Å². The van der Waals surface area contributed by atoms with Crippen molar-refractivity contribution in [1.29, 1.82) is 0 Å². The summed E-state index contributed by atoms with van der Waals surface area (Å²) in [5.41, 5.74) is 8.00. The fraction of sp³-hybridized carbons (Fsp3) is 0.588. The Kier molecular flexibility index (Phi) is 5.23. The average molecular weight is 290 g/mol. The fourth-order valence-corrected chi connectivity index (χ4v) is 3.18. The number of nitrogens with two attached hydrogens (primary N) is 1. The molecule has 0 bridgehead atoms. The Hall–Kier alpha value is -1.55. The van der Waals surface area contributed by atoms with E-state index in [0.29, 0.717) is 6.04 Å². The van der Waals surface area contributed by atoms with Crippen LogP contribution in [-0.4, -0.2) is 17.1 Å². The van der Waals surface area contributed by atoms with Crippen LogP contribution in [0, 0.1) is 13.8 Å². The van der Waals surface area contributed by atoms with Crippen molar-refractivity contribution < 1.29 is 9.90 Å². The molecule has 1 unspecified atom stereocenters. The fourth-order valence-electron chi connectivity index (χ4n) is 3.18. The first-order valence-corrected chi connectivity index (χ1v) is 7.84. The van der Waals surface area contributed by atoms with Crippen LogP contribution in [0.25, 0.3) is 0 Å². The molecule has 4 heteroatoms. The van der Waals surface area contributed by atoms with Crippen LogP contribution >= 0.6 is 0 Å². The highest BCUT2D eigenvalue weighted by Gasteiger charge is 2.23. The number of aryl methyl sites for hydroxylation is 2. The molecule has 0 aliphatic heterocycles. The van der Waals surface area contributed by atoms with Crippen LogP contribution in [0.15, 0.2) is 12.1 Å². The SMILES string of the molecule is Cc1cc(C(NC2CCCCCC2)C(N)=O)cc(C)c1O. The number of primary amides is 1. The van der Waals surface area contributed by atoms with Crippen LogP contribution in [-0.2, 0) is 4.79 Å². The van der Waals surface area contributed by atoms with E-state index in [1.807, 2.05) is 26.0 Å². The van der Waals surface area contributed by atoms with Crippen LogP contribution in [0.2, 0.25) is 0 Å². The van der Waals surface area contributed by atoms with Crippen LogP contribution in [0.1, 0.15) is 61.3 Å². The zero-order chi connectivity index (χ0) is 15.4.